The Bertz CT molecular complexity index is 1420. The summed E-state index contributed by atoms with van der Waals surface area (Å²) in [6, 6.07) is 20.9. The van der Waals surface area contributed by atoms with E-state index in [2.05, 4.69) is 5.32 Å². The zero-order valence-electron chi connectivity index (χ0n) is 20.3. The van der Waals surface area contributed by atoms with E-state index >= 15 is 0 Å². The number of nitrogens with one attached hydrogen (secondary N) is 1. The second kappa shape index (κ2) is 10.6. The van der Waals surface area contributed by atoms with Gasteiger partial charge in [-0.1, -0.05) is 41.9 Å². The number of benzene rings is 3. The van der Waals surface area contributed by atoms with Gasteiger partial charge in [0, 0.05) is 31.2 Å². The standard InChI is InChI=1S/C28H28ClN3O4S/c29-25-9-3-2-8-24(25)28(34)31-18-15-21(16-19-31)27(33)30-22-11-13-23(14-12-22)37(35,36)32-17-5-7-20-6-1-4-10-26(20)32/h1-4,6,8-14,21H,5,7,15-19H2,(H,30,33). The predicted octanol–water partition coefficient (Wildman–Crippen LogP) is 4.97. The first-order chi connectivity index (χ1) is 17.8. The van der Waals surface area contributed by atoms with Gasteiger partial charge in [0.1, 0.15) is 0 Å². The van der Waals surface area contributed by atoms with Crippen LogP contribution < -0.4 is 9.62 Å². The van der Waals surface area contributed by atoms with Gasteiger partial charge in [-0.2, -0.15) is 0 Å². The molecule has 1 fully saturated rings. The normalized spacial score (nSPS) is 16.2. The van der Waals surface area contributed by atoms with Crippen LogP contribution in [0.4, 0.5) is 11.4 Å². The smallest absolute Gasteiger partial charge is 0.264 e. The molecule has 7 nitrogen and oxygen atoms in total. The third-order valence-electron chi connectivity index (χ3n) is 7.03. The fourth-order valence-electron chi connectivity index (χ4n) is 4.98. The number of rotatable bonds is 5. The van der Waals surface area contributed by atoms with Crippen molar-refractivity contribution in [2.45, 2.75) is 30.6 Å². The van der Waals surface area contributed by atoms with Crippen LogP contribution in [0.15, 0.2) is 77.7 Å². The Hall–Kier alpha value is -3.36. The van der Waals surface area contributed by atoms with Gasteiger partial charge in [0.2, 0.25) is 5.91 Å². The molecule has 0 unspecified atom stereocenters. The van der Waals surface area contributed by atoms with Crippen LogP contribution in [0, 0.1) is 5.92 Å². The van der Waals surface area contributed by atoms with Crippen molar-refractivity contribution in [3.63, 3.8) is 0 Å². The number of sulfonamides is 1. The number of piperidine rings is 1. The third kappa shape index (κ3) is 5.22. The molecule has 0 radical (unpaired) electrons. The Labute approximate surface area is 222 Å². The van der Waals surface area contributed by atoms with Crippen LogP contribution in [-0.2, 0) is 21.2 Å². The summed E-state index contributed by atoms with van der Waals surface area (Å²) in [5, 5.41) is 3.32. The third-order valence-corrected chi connectivity index (χ3v) is 9.19. The van der Waals surface area contributed by atoms with Gasteiger partial charge in [-0.05, 0) is 73.7 Å². The largest absolute Gasteiger partial charge is 0.339 e. The van der Waals surface area contributed by atoms with Crippen LogP contribution in [0.3, 0.4) is 0 Å². The molecule has 0 saturated carbocycles. The van der Waals surface area contributed by atoms with Gasteiger partial charge in [0.05, 0.1) is 21.2 Å². The van der Waals surface area contributed by atoms with E-state index in [9.17, 15) is 18.0 Å². The van der Waals surface area contributed by atoms with E-state index in [1.165, 1.54) is 16.4 Å². The quantitative estimate of drug-likeness (QED) is 0.497. The van der Waals surface area contributed by atoms with Gasteiger partial charge >= 0.3 is 0 Å². The van der Waals surface area contributed by atoms with Crippen molar-refractivity contribution in [1.29, 1.82) is 0 Å². The maximum Gasteiger partial charge on any atom is 0.264 e. The summed E-state index contributed by atoms with van der Waals surface area (Å²) < 4.78 is 28.1. The molecule has 0 aromatic heterocycles. The van der Waals surface area contributed by atoms with Gasteiger partial charge in [-0.25, -0.2) is 8.42 Å². The van der Waals surface area contributed by atoms with Gasteiger partial charge in [-0.15, -0.1) is 0 Å². The van der Waals surface area contributed by atoms with E-state index in [-0.39, 0.29) is 22.6 Å². The predicted molar refractivity (Wildman–Crippen MR) is 144 cm³/mol. The zero-order valence-corrected chi connectivity index (χ0v) is 21.8. The topological polar surface area (TPSA) is 86.8 Å². The molecule has 0 aliphatic carbocycles. The zero-order chi connectivity index (χ0) is 26.0. The highest BCUT2D eigenvalue weighted by molar-refractivity contribution is 7.92. The molecule has 2 heterocycles. The lowest BCUT2D eigenvalue weighted by Crippen LogP contribution is -2.41. The Kier molecular flexibility index (Phi) is 7.22. The molecule has 2 amide bonds. The first-order valence-corrected chi connectivity index (χ1v) is 14.2. The molecule has 9 heteroatoms. The molecule has 5 rings (SSSR count). The number of carbonyl (C=O) groups excluding carboxylic acids is 2. The summed E-state index contributed by atoms with van der Waals surface area (Å²) in [4.78, 5) is 27.6. The molecular formula is C28H28ClN3O4S. The van der Waals surface area contributed by atoms with Crippen molar-refractivity contribution in [3.05, 3.63) is 88.9 Å². The number of hydrogen-bond donors (Lipinski definition) is 1. The Balaban J connectivity index is 1.20. The Morgan fingerprint density at radius 1 is 0.865 bits per heavy atom. The van der Waals surface area contributed by atoms with E-state index in [4.69, 9.17) is 11.6 Å². The summed E-state index contributed by atoms with van der Waals surface area (Å²) in [7, 11) is -3.71. The summed E-state index contributed by atoms with van der Waals surface area (Å²) in [6.07, 6.45) is 2.72. The van der Waals surface area contributed by atoms with Crippen molar-refractivity contribution in [2.24, 2.45) is 5.92 Å². The molecule has 37 heavy (non-hydrogen) atoms. The number of fused-ring (bicyclic) bond motifs is 1. The highest BCUT2D eigenvalue weighted by Crippen LogP contribution is 2.32. The van der Waals surface area contributed by atoms with Crippen molar-refractivity contribution < 1.29 is 18.0 Å². The second-order valence-electron chi connectivity index (χ2n) is 9.37. The number of halogens is 1. The number of carbonyl (C=O) groups is 2. The van der Waals surface area contributed by atoms with Gasteiger partial charge < -0.3 is 10.2 Å². The van der Waals surface area contributed by atoms with Crippen molar-refractivity contribution in [2.75, 3.05) is 29.3 Å². The highest BCUT2D eigenvalue weighted by Gasteiger charge is 2.30. The number of anilines is 2. The van der Waals surface area contributed by atoms with Crippen LogP contribution in [-0.4, -0.2) is 44.8 Å². The number of amides is 2. The minimum absolute atomic E-state index is 0.127. The monoisotopic (exact) mass is 537 g/mol. The molecule has 1 saturated heterocycles. The lowest BCUT2D eigenvalue weighted by atomic mass is 9.95. The molecule has 0 atom stereocenters. The number of nitrogens with zero attached hydrogens (tertiary/aromatic N) is 2. The van der Waals surface area contributed by atoms with Crippen molar-refractivity contribution in [1.82, 2.24) is 4.90 Å². The number of likely N-dealkylation sites (tertiary alicyclic amines) is 1. The molecule has 3 aromatic carbocycles. The van der Waals surface area contributed by atoms with Gasteiger partial charge in [0.25, 0.3) is 15.9 Å². The molecular weight excluding hydrogens is 510 g/mol. The van der Waals surface area contributed by atoms with Gasteiger partial charge in [0.15, 0.2) is 0 Å². The average Bonchev–Trinajstić information content (AvgIpc) is 2.93. The SMILES string of the molecule is O=C(Nc1ccc(S(=O)(=O)N2CCCc3ccccc32)cc1)C1CCN(C(=O)c2ccccc2Cl)CC1. The summed E-state index contributed by atoms with van der Waals surface area (Å²) in [5.74, 6) is -0.494. The van der Waals surface area contributed by atoms with Crippen LogP contribution in [0.1, 0.15) is 35.2 Å². The fraction of sp³-hybridized carbons (Fsp3) is 0.286. The van der Waals surface area contributed by atoms with Crippen molar-refractivity contribution in [3.8, 4) is 0 Å². The molecule has 2 aliphatic heterocycles. The average molecular weight is 538 g/mol. The first kappa shape index (κ1) is 25.3. The van der Waals surface area contributed by atoms with Crippen LogP contribution in [0.25, 0.3) is 0 Å². The number of aryl methyl sites for hydroxylation is 1. The lowest BCUT2D eigenvalue weighted by Gasteiger charge is -2.31. The van der Waals surface area contributed by atoms with Crippen LogP contribution in [0.2, 0.25) is 5.02 Å². The maximum absolute atomic E-state index is 13.3. The van der Waals surface area contributed by atoms with E-state index in [1.807, 2.05) is 24.3 Å². The van der Waals surface area contributed by atoms with Crippen molar-refractivity contribution >= 4 is 44.8 Å². The number of hydrogen-bond acceptors (Lipinski definition) is 4. The van der Waals surface area contributed by atoms with E-state index < -0.39 is 10.0 Å². The second-order valence-corrected chi connectivity index (χ2v) is 11.6. The summed E-state index contributed by atoms with van der Waals surface area (Å²) in [6.45, 7) is 1.38. The van der Waals surface area contributed by atoms with Gasteiger partial charge in [-0.3, -0.25) is 13.9 Å². The van der Waals surface area contributed by atoms with E-state index in [0.717, 1.165) is 24.1 Å². The minimum atomic E-state index is -3.71. The fourth-order valence-corrected chi connectivity index (χ4v) is 6.74. The molecule has 2 aliphatic rings. The molecule has 0 bridgehead atoms. The minimum Gasteiger partial charge on any atom is -0.339 e. The molecule has 1 N–H and O–H groups in total. The van der Waals surface area contributed by atoms with Crippen LogP contribution in [0.5, 0.6) is 0 Å². The molecule has 3 aromatic rings. The Morgan fingerprint density at radius 2 is 1.54 bits per heavy atom. The van der Waals surface area contributed by atoms with Crippen LogP contribution >= 0.6 is 11.6 Å². The molecule has 192 valence electrons. The first-order valence-electron chi connectivity index (χ1n) is 12.4. The summed E-state index contributed by atoms with van der Waals surface area (Å²) >= 11 is 6.16. The molecule has 0 spiro atoms. The maximum atomic E-state index is 13.3. The summed E-state index contributed by atoms with van der Waals surface area (Å²) in [5.41, 5.74) is 2.76. The lowest BCUT2D eigenvalue weighted by molar-refractivity contribution is -0.121. The van der Waals surface area contributed by atoms with E-state index in [0.29, 0.717) is 48.7 Å². The number of para-hydroxylation sites is 1. The van der Waals surface area contributed by atoms with E-state index in [1.54, 1.807) is 41.3 Å². The Morgan fingerprint density at radius 3 is 2.27 bits per heavy atom. The highest BCUT2D eigenvalue weighted by atomic mass is 35.5.